The lowest BCUT2D eigenvalue weighted by atomic mass is 10.2. The summed E-state index contributed by atoms with van der Waals surface area (Å²) >= 11 is 3.88. The van der Waals surface area contributed by atoms with E-state index in [-0.39, 0.29) is 5.75 Å². The topological polar surface area (TPSA) is 9.23 Å². The number of hydrogen-bond acceptors (Lipinski definition) is 2. The fraction of sp³-hybridized carbons (Fsp3) is 0.200. The molecule has 0 radical (unpaired) electrons. The van der Waals surface area contributed by atoms with Crippen molar-refractivity contribution in [2.24, 2.45) is 0 Å². The van der Waals surface area contributed by atoms with E-state index in [1.54, 1.807) is 0 Å². The van der Waals surface area contributed by atoms with Gasteiger partial charge in [0.2, 0.25) is 0 Å². The van der Waals surface area contributed by atoms with Crippen LogP contribution in [0.2, 0.25) is 0 Å². The van der Waals surface area contributed by atoms with Gasteiger partial charge in [-0.15, -0.1) is 13.2 Å². The van der Waals surface area contributed by atoms with Gasteiger partial charge < -0.3 is 4.74 Å². The maximum Gasteiger partial charge on any atom is 0.573 e. The van der Waals surface area contributed by atoms with Crippen molar-refractivity contribution in [1.29, 1.82) is 0 Å². The van der Waals surface area contributed by atoms with Crippen LogP contribution in [0.1, 0.15) is 5.56 Å². The molecule has 0 aliphatic rings. The minimum atomic E-state index is -4.65. The molecular weight excluding hydrogens is 225 g/mol. The first-order chi connectivity index (χ1) is 7.01. The van der Waals surface area contributed by atoms with Gasteiger partial charge in [0.15, 0.2) is 0 Å². The number of hydrogen-bond donors (Lipinski definition) is 1. The third-order valence-corrected chi connectivity index (χ3v) is 1.56. The van der Waals surface area contributed by atoms with E-state index in [2.05, 4.69) is 29.2 Å². The average Bonchev–Trinajstić information content (AvgIpc) is 2.14. The normalized spacial score (nSPS) is 10.4. The van der Waals surface area contributed by atoms with Crippen LogP contribution in [0.3, 0.4) is 0 Å². The smallest absolute Gasteiger partial charge is 0.406 e. The SMILES string of the molecule is FC(F)(F)Oc1ccc(C#CCS)cc1. The average molecular weight is 232 g/mol. The van der Waals surface area contributed by atoms with Gasteiger partial charge in [0.05, 0.1) is 5.75 Å². The summed E-state index contributed by atoms with van der Waals surface area (Å²) in [7, 11) is 0. The molecule has 1 aromatic carbocycles. The molecule has 0 aliphatic carbocycles. The van der Waals surface area contributed by atoms with E-state index in [0.29, 0.717) is 11.3 Å². The lowest BCUT2D eigenvalue weighted by Gasteiger charge is -2.07. The minimum absolute atomic E-state index is 0.251. The van der Waals surface area contributed by atoms with E-state index in [1.165, 1.54) is 24.3 Å². The second kappa shape index (κ2) is 4.99. The quantitative estimate of drug-likeness (QED) is 0.578. The van der Waals surface area contributed by atoms with Crippen molar-refractivity contribution in [3.05, 3.63) is 29.8 Å². The van der Waals surface area contributed by atoms with Gasteiger partial charge in [-0.3, -0.25) is 0 Å². The predicted octanol–water partition coefficient (Wildman–Crippen LogP) is 2.87. The highest BCUT2D eigenvalue weighted by atomic mass is 32.1. The van der Waals surface area contributed by atoms with Crippen molar-refractivity contribution in [1.82, 2.24) is 0 Å². The van der Waals surface area contributed by atoms with Crippen molar-refractivity contribution in [3.8, 4) is 17.6 Å². The Hall–Kier alpha value is -1.28. The maximum absolute atomic E-state index is 11.8. The second-order valence-electron chi connectivity index (χ2n) is 2.53. The van der Waals surface area contributed by atoms with Gasteiger partial charge in [-0.2, -0.15) is 12.6 Å². The van der Waals surface area contributed by atoms with Gasteiger partial charge in [0.1, 0.15) is 5.75 Å². The zero-order chi connectivity index (χ0) is 11.3. The van der Waals surface area contributed by atoms with Crippen LogP contribution in [-0.2, 0) is 0 Å². The third-order valence-electron chi connectivity index (χ3n) is 1.40. The zero-order valence-electron chi connectivity index (χ0n) is 7.51. The summed E-state index contributed by atoms with van der Waals surface area (Å²) in [6, 6.07) is 5.35. The predicted molar refractivity (Wildman–Crippen MR) is 53.9 cm³/mol. The summed E-state index contributed by atoms with van der Waals surface area (Å²) in [5.41, 5.74) is 0.624. The van der Waals surface area contributed by atoms with E-state index >= 15 is 0 Å². The molecule has 0 fully saturated rings. The molecule has 0 N–H and O–H groups in total. The summed E-state index contributed by atoms with van der Waals surface area (Å²) in [6.45, 7) is 0. The first-order valence-corrected chi connectivity index (χ1v) is 4.60. The molecule has 0 aliphatic heterocycles. The van der Waals surface area contributed by atoms with Gasteiger partial charge >= 0.3 is 6.36 Å². The molecule has 0 unspecified atom stereocenters. The second-order valence-corrected chi connectivity index (χ2v) is 2.85. The Morgan fingerprint density at radius 1 is 1.20 bits per heavy atom. The van der Waals surface area contributed by atoms with E-state index < -0.39 is 6.36 Å². The zero-order valence-corrected chi connectivity index (χ0v) is 8.40. The van der Waals surface area contributed by atoms with E-state index in [0.717, 1.165) is 0 Å². The number of alkyl halides is 3. The summed E-state index contributed by atoms with van der Waals surface area (Å²) in [5, 5.41) is 0. The lowest BCUT2D eigenvalue weighted by molar-refractivity contribution is -0.274. The highest BCUT2D eigenvalue weighted by Gasteiger charge is 2.30. The third kappa shape index (κ3) is 4.66. The van der Waals surface area contributed by atoms with Gasteiger partial charge in [0.25, 0.3) is 0 Å². The molecule has 0 atom stereocenters. The van der Waals surface area contributed by atoms with Crippen molar-refractivity contribution in [3.63, 3.8) is 0 Å². The molecule has 80 valence electrons. The summed E-state index contributed by atoms with van der Waals surface area (Å²) < 4.78 is 39.1. The Morgan fingerprint density at radius 2 is 1.80 bits per heavy atom. The lowest BCUT2D eigenvalue weighted by Crippen LogP contribution is -2.16. The molecule has 0 saturated heterocycles. The Kier molecular flexibility index (Phi) is 3.92. The van der Waals surface area contributed by atoms with E-state index in [1.807, 2.05) is 0 Å². The van der Waals surface area contributed by atoms with Crippen molar-refractivity contribution >= 4 is 12.6 Å². The van der Waals surface area contributed by atoms with Crippen molar-refractivity contribution < 1.29 is 17.9 Å². The molecule has 0 bridgehead atoms. The van der Waals surface area contributed by atoms with Crippen LogP contribution in [-0.4, -0.2) is 12.1 Å². The Morgan fingerprint density at radius 3 is 2.27 bits per heavy atom. The number of rotatable bonds is 1. The number of halogens is 3. The van der Waals surface area contributed by atoms with Crippen LogP contribution in [0.25, 0.3) is 0 Å². The summed E-state index contributed by atoms with van der Waals surface area (Å²) in [6.07, 6.45) is -4.65. The molecule has 0 saturated carbocycles. The Balaban J connectivity index is 2.73. The van der Waals surface area contributed by atoms with Crippen molar-refractivity contribution in [2.75, 3.05) is 5.75 Å². The van der Waals surface area contributed by atoms with Gasteiger partial charge in [-0.05, 0) is 24.3 Å². The van der Waals surface area contributed by atoms with Crippen LogP contribution in [0.4, 0.5) is 13.2 Å². The number of benzene rings is 1. The molecule has 1 aromatic rings. The molecule has 1 rings (SSSR count). The van der Waals surface area contributed by atoms with Crippen LogP contribution in [0.15, 0.2) is 24.3 Å². The van der Waals surface area contributed by atoms with E-state index in [9.17, 15) is 13.2 Å². The van der Waals surface area contributed by atoms with Gasteiger partial charge in [-0.25, -0.2) is 0 Å². The fourth-order valence-corrected chi connectivity index (χ4v) is 0.961. The molecule has 0 spiro atoms. The van der Waals surface area contributed by atoms with Crippen molar-refractivity contribution in [2.45, 2.75) is 6.36 Å². The fourth-order valence-electron chi connectivity index (χ4n) is 0.882. The van der Waals surface area contributed by atoms with Crippen LogP contribution in [0.5, 0.6) is 5.75 Å². The molecule has 5 heteroatoms. The van der Waals surface area contributed by atoms with Crippen LogP contribution in [0, 0.1) is 11.8 Å². The Labute approximate surface area is 90.7 Å². The Bertz CT molecular complexity index is 372. The van der Waals surface area contributed by atoms with Crippen LogP contribution >= 0.6 is 12.6 Å². The first-order valence-electron chi connectivity index (χ1n) is 3.97. The maximum atomic E-state index is 11.8. The van der Waals surface area contributed by atoms with Gasteiger partial charge in [0, 0.05) is 5.56 Å². The molecule has 0 heterocycles. The standard InChI is InChI=1S/C10H7F3OS/c11-10(12,13)14-9-5-3-8(4-6-9)2-1-7-15/h3-6,15H,7H2. The number of ether oxygens (including phenoxy) is 1. The van der Waals surface area contributed by atoms with Gasteiger partial charge in [-0.1, -0.05) is 11.8 Å². The molecule has 0 amide bonds. The van der Waals surface area contributed by atoms with Crippen LogP contribution < -0.4 is 4.74 Å². The summed E-state index contributed by atoms with van der Waals surface area (Å²) in [5.74, 6) is 5.56. The summed E-state index contributed by atoms with van der Waals surface area (Å²) in [4.78, 5) is 0. The molecule has 0 aromatic heterocycles. The molecular formula is C10H7F3OS. The molecule has 15 heavy (non-hydrogen) atoms. The number of thiol groups is 1. The highest BCUT2D eigenvalue weighted by Crippen LogP contribution is 2.22. The largest absolute Gasteiger partial charge is 0.573 e. The first kappa shape index (κ1) is 11.8. The van der Waals surface area contributed by atoms with E-state index in [4.69, 9.17) is 0 Å². The minimum Gasteiger partial charge on any atom is -0.406 e. The highest BCUT2D eigenvalue weighted by molar-refractivity contribution is 7.80. The molecule has 1 nitrogen and oxygen atoms in total. The monoisotopic (exact) mass is 232 g/mol.